The highest BCUT2D eigenvalue weighted by atomic mass is 32.1. The average molecular weight is 252 g/mol. The average Bonchev–Trinajstić information content (AvgIpc) is 2.37. The largest absolute Gasteiger partial charge is 0.143 e. The van der Waals surface area contributed by atoms with E-state index in [1.165, 1.54) is 16.3 Å². The molecule has 0 saturated heterocycles. The first-order chi connectivity index (χ1) is 8.60. The van der Waals surface area contributed by atoms with Crippen molar-refractivity contribution >= 4 is 29.0 Å². The first-order valence-corrected chi connectivity index (χ1v) is 6.27. The first-order valence-electron chi connectivity index (χ1n) is 5.83. The van der Waals surface area contributed by atoms with E-state index in [4.69, 9.17) is 0 Å². The first kappa shape index (κ1) is 12.7. The summed E-state index contributed by atoms with van der Waals surface area (Å²) in [4.78, 5) is 0.823. The number of hydrogen-bond acceptors (Lipinski definition) is 1. The summed E-state index contributed by atoms with van der Waals surface area (Å²) in [5, 5.41) is 2.48. The monoisotopic (exact) mass is 252 g/mol. The Morgan fingerprint density at radius 3 is 2.50 bits per heavy atom. The lowest BCUT2D eigenvalue weighted by Crippen LogP contribution is -1.82. The maximum atomic E-state index is 4.29. The van der Waals surface area contributed by atoms with Crippen LogP contribution in [0.25, 0.3) is 16.3 Å². The molecular weight excluding hydrogens is 236 g/mol. The smallest absolute Gasteiger partial charge is 0.00400 e. The summed E-state index contributed by atoms with van der Waals surface area (Å²) < 4.78 is 0. The minimum absolute atomic E-state index is 0.823. The van der Waals surface area contributed by atoms with Gasteiger partial charge in [0.2, 0.25) is 0 Å². The van der Waals surface area contributed by atoms with Gasteiger partial charge in [0, 0.05) is 4.91 Å². The molecule has 0 amide bonds. The van der Waals surface area contributed by atoms with Crippen LogP contribution in [0.15, 0.2) is 66.6 Å². The minimum Gasteiger partial charge on any atom is -0.143 e. The lowest BCUT2D eigenvalue weighted by Gasteiger charge is -2.05. The highest BCUT2D eigenvalue weighted by Gasteiger charge is 1.99. The predicted octanol–water partition coefficient (Wildman–Crippen LogP) is 5.16. The molecule has 90 valence electrons. The van der Waals surface area contributed by atoms with Crippen molar-refractivity contribution in [2.24, 2.45) is 0 Å². The van der Waals surface area contributed by atoms with Crippen LogP contribution in [-0.4, -0.2) is 0 Å². The van der Waals surface area contributed by atoms with Crippen molar-refractivity contribution < 1.29 is 0 Å². The van der Waals surface area contributed by atoms with Crippen LogP contribution in [0.4, 0.5) is 0 Å². The van der Waals surface area contributed by atoms with Gasteiger partial charge in [-0.3, -0.25) is 0 Å². The Balaban J connectivity index is 2.44. The fourth-order valence-corrected chi connectivity index (χ4v) is 2.04. The third kappa shape index (κ3) is 2.74. The third-order valence-corrected chi connectivity index (χ3v) is 3.21. The predicted molar refractivity (Wildman–Crippen MR) is 85.0 cm³/mol. The van der Waals surface area contributed by atoms with Crippen molar-refractivity contribution in [2.45, 2.75) is 6.92 Å². The molecule has 18 heavy (non-hydrogen) atoms. The van der Waals surface area contributed by atoms with Crippen LogP contribution in [0, 0.1) is 6.92 Å². The minimum atomic E-state index is 0.823. The SMILES string of the molecule is C=C/C(S)=C\C(=C)c1ccc2cc(C)ccc2c1. The van der Waals surface area contributed by atoms with Gasteiger partial charge in [-0.05, 0) is 41.0 Å². The van der Waals surface area contributed by atoms with Gasteiger partial charge >= 0.3 is 0 Å². The van der Waals surface area contributed by atoms with Gasteiger partial charge in [-0.2, -0.15) is 0 Å². The Labute approximate surface area is 114 Å². The molecule has 0 atom stereocenters. The topological polar surface area (TPSA) is 0 Å². The highest BCUT2D eigenvalue weighted by molar-refractivity contribution is 7.84. The lowest BCUT2D eigenvalue weighted by atomic mass is 10.0. The van der Waals surface area contributed by atoms with Gasteiger partial charge in [-0.15, -0.1) is 12.6 Å². The molecule has 0 bridgehead atoms. The van der Waals surface area contributed by atoms with Crippen LogP contribution in [0.2, 0.25) is 0 Å². The molecule has 0 heterocycles. The van der Waals surface area contributed by atoms with Crippen molar-refractivity contribution in [2.75, 3.05) is 0 Å². The maximum absolute atomic E-state index is 4.29. The maximum Gasteiger partial charge on any atom is 0.00400 e. The molecule has 2 aromatic rings. The Morgan fingerprint density at radius 2 is 1.78 bits per heavy atom. The van der Waals surface area contributed by atoms with Gasteiger partial charge in [0.05, 0.1) is 0 Å². The van der Waals surface area contributed by atoms with E-state index in [-0.39, 0.29) is 0 Å². The highest BCUT2D eigenvalue weighted by Crippen LogP contribution is 2.23. The van der Waals surface area contributed by atoms with Gasteiger partial charge in [-0.1, -0.05) is 55.1 Å². The van der Waals surface area contributed by atoms with E-state index >= 15 is 0 Å². The number of fused-ring (bicyclic) bond motifs is 1. The zero-order chi connectivity index (χ0) is 13.1. The second-order valence-electron chi connectivity index (χ2n) is 4.36. The summed E-state index contributed by atoms with van der Waals surface area (Å²) in [7, 11) is 0. The molecule has 0 radical (unpaired) electrons. The second-order valence-corrected chi connectivity index (χ2v) is 4.88. The van der Waals surface area contributed by atoms with Crippen LogP contribution in [0.3, 0.4) is 0 Å². The van der Waals surface area contributed by atoms with Crippen LogP contribution in [0.5, 0.6) is 0 Å². The molecule has 2 rings (SSSR count). The number of hydrogen-bond donors (Lipinski definition) is 1. The Kier molecular flexibility index (Phi) is 3.73. The van der Waals surface area contributed by atoms with Crippen molar-refractivity contribution in [3.63, 3.8) is 0 Å². The third-order valence-electron chi connectivity index (χ3n) is 2.90. The molecule has 0 nitrogen and oxygen atoms in total. The second kappa shape index (κ2) is 5.28. The quantitative estimate of drug-likeness (QED) is 0.566. The number of aryl methyl sites for hydroxylation is 1. The Hall–Kier alpha value is -1.73. The standard InChI is InChI=1S/C17H16S/c1-4-17(18)10-13(3)14-7-8-15-9-12(2)5-6-16(15)11-14/h4-11,18H,1,3H2,2H3/b17-10+. The molecule has 2 aromatic carbocycles. The van der Waals surface area contributed by atoms with E-state index < -0.39 is 0 Å². The van der Waals surface area contributed by atoms with E-state index in [0.717, 1.165) is 16.0 Å². The lowest BCUT2D eigenvalue weighted by molar-refractivity contribution is 1.50. The van der Waals surface area contributed by atoms with Gasteiger partial charge in [0.25, 0.3) is 0 Å². The van der Waals surface area contributed by atoms with Crippen molar-refractivity contribution in [1.29, 1.82) is 0 Å². The molecule has 0 unspecified atom stereocenters. The van der Waals surface area contributed by atoms with E-state index in [0.29, 0.717) is 0 Å². The normalized spacial score (nSPS) is 11.6. The summed E-state index contributed by atoms with van der Waals surface area (Å²) in [6.07, 6.45) is 3.63. The Bertz CT molecular complexity index is 648. The molecule has 0 N–H and O–H groups in total. The van der Waals surface area contributed by atoms with Gasteiger partial charge in [-0.25, -0.2) is 0 Å². The number of benzene rings is 2. The summed E-state index contributed by atoms with van der Waals surface area (Å²) in [5.74, 6) is 0. The fraction of sp³-hybridized carbons (Fsp3) is 0.0588. The van der Waals surface area contributed by atoms with Crippen LogP contribution in [-0.2, 0) is 0 Å². The summed E-state index contributed by atoms with van der Waals surface area (Å²) in [6.45, 7) is 9.85. The van der Waals surface area contributed by atoms with E-state index in [1.54, 1.807) is 6.08 Å². The molecular formula is C17H16S. The number of thiol groups is 1. The van der Waals surface area contributed by atoms with Crippen molar-refractivity contribution in [1.82, 2.24) is 0 Å². The van der Waals surface area contributed by atoms with Crippen LogP contribution >= 0.6 is 12.6 Å². The molecule has 0 fully saturated rings. The van der Waals surface area contributed by atoms with Crippen molar-refractivity contribution in [3.05, 3.63) is 77.7 Å². The summed E-state index contributed by atoms with van der Waals surface area (Å²) >= 11 is 4.29. The van der Waals surface area contributed by atoms with Gasteiger partial charge in [0.15, 0.2) is 0 Å². The van der Waals surface area contributed by atoms with Crippen LogP contribution < -0.4 is 0 Å². The van der Waals surface area contributed by atoms with Gasteiger partial charge in [0.1, 0.15) is 0 Å². The van der Waals surface area contributed by atoms with Crippen LogP contribution in [0.1, 0.15) is 11.1 Å². The number of allylic oxidation sites excluding steroid dienone is 3. The zero-order valence-corrected chi connectivity index (χ0v) is 11.4. The Morgan fingerprint density at radius 1 is 1.11 bits per heavy atom. The van der Waals surface area contributed by atoms with E-state index in [2.05, 4.69) is 69.1 Å². The molecule has 0 spiro atoms. The molecule has 0 saturated carbocycles. The van der Waals surface area contributed by atoms with Crippen molar-refractivity contribution in [3.8, 4) is 0 Å². The molecule has 0 aliphatic carbocycles. The fourth-order valence-electron chi connectivity index (χ4n) is 1.89. The zero-order valence-electron chi connectivity index (χ0n) is 10.5. The molecule has 0 aliphatic heterocycles. The summed E-state index contributed by atoms with van der Waals surface area (Å²) in [5.41, 5.74) is 3.33. The van der Waals surface area contributed by atoms with Gasteiger partial charge < -0.3 is 0 Å². The molecule has 0 aliphatic rings. The number of rotatable bonds is 3. The summed E-state index contributed by atoms with van der Waals surface area (Å²) in [6, 6.07) is 12.8. The molecule has 1 heteroatoms. The molecule has 0 aromatic heterocycles. The van der Waals surface area contributed by atoms with E-state index in [9.17, 15) is 0 Å². The van der Waals surface area contributed by atoms with E-state index in [1.807, 2.05) is 6.08 Å².